The topological polar surface area (TPSA) is 108 Å². The molecule has 0 radical (unpaired) electrons. The lowest BCUT2D eigenvalue weighted by Crippen LogP contribution is -2.49. The number of aryl methyl sites for hydroxylation is 2. The minimum absolute atomic E-state index is 0.389. The van der Waals surface area contributed by atoms with Crippen molar-refractivity contribution in [2.24, 2.45) is 0 Å². The van der Waals surface area contributed by atoms with Gasteiger partial charge in [0.1, 0.15) is 12.1 Å². The van der Waals surface area contributed by atoms with Gasteiger partial charge in [0.15, 0.2) is 0 Å². The molecule has 28 heavy (non-hydrogen) atoms. The van der Waals surface area contributed by atoms with Gasteiger partial charge in [0, 0.05) is 4.88 Å². The molecule has 2 aliphatic rings. The summed E-state index contributed by atoms with van der Waals surface area (Å²) in [4.78, 5) is 51.8. The van der Waals surface area contributed by atoms with Crippen LogP contribution in [0.2, 0.25) is 0 Å². The number of rotatable bonds is 5. The van der Waals surface area contributed by atoms with Gasteiger partial charge in [-0.3, -0.25) is 30.1 Å². The minimum Gasteiger partial charge on any atom is -0.323 e. The number of hydrogen-bond donors (Lipinski definition) is 3. The van der Waals surface area contributed by atoms with Crippen molar-refractivity contribution in [2.75, 3.05) is 6.54 Å². The lowest BCUT2D eigenvalue weighted by Gasteiger charge is -2.22. The second-order valence-corrected chi connectivity index (χ2v) is 8.37. The lowest BCUT2D eigenvalue weighted by molar-refractivity contribution is -0.135. The molecule has 0 bridgehead atoms. The monoisotopic (exact) mass is 406 g/mol. The fraction of sp³-hybridized carbons (Fsp3) is 0.579. The molecule has 0 aromatic carbocycles. The molecule has 2 heterocycles. The molecule has 1 aromatic rings. The van der Waals surface area contributed by atoms with E-state index in [1.165, 1.54) is 28.2 Å². The van der Waals surface area contributed by atoms with Gasteiger partial charge < -0.3 is 5.32 Å². The molecule has 1 fully saturated rings. The van der Waals surface area contributed by atoms with Gasteiger partial charge in [-0.25, -0.2) is 4.79 Å². The maximum atomic E-state index is 12.5. The zero-order chi connectivity index (χ0) is 20.3. The number of carbonyl (C=O) groups is 4. The third-order valence-corrected chi connectivity index (χ3v) is 6.78. The first-order chi connectivity index (χ1) is 13.4. The van der Waals surface area contributed by atoms with Crippen LogP contribution in [0, 0.1) is 0 Å². The van der Waals surface area contributed by atoms with E-state index in [4.69, 9.17) is 0 Å². The largest absolute Gasteiger partial charge is 0.325 e. The van der Waals surface area contributed by atoms with Crippen LogP contribution in [0.5, 0.6) is 0 Å². The molecule has 0 atom stereocenters. The van der Waals surface area contributed by atoms with Crippen LogP contribution in [0.4, 0.5) is 4.79 Å². The van der Waals surface area contributed by atoms with Crippen molar-refractivity contribution in [3.05, 3.63) is 21.4 Å². The predicted molar refractivity (Wildman–Crippen MR) is 105 cm³/mol. The number of fused-ring (bicyclic) bond motifs is 1. The molecule has 3 N–H and O–H groups in total. The zero-order valence-corrected chi connectivity index (χ0v) is 17.0. The second kappa shape index (κ2) is 8.30. The summed E-state index contributed by atoms with van der Waals surface area (Å²) in [5.41, 5.74) is 4.94. The smallest absolute Gasteiger partial charge is 0.323 e. The molecule has 8 nitrogen and oxygen atoms in total. The second-order valence-electron chi connectivity index (χ2n) is 7.23. The third-order valence-electron chi connectivity index (χ3n) is 5.54. The van der Waals surface area contributed by atoms with Gasteiger partial charge in [-0.05, 0) is 50.2 Å². The van der Waals surface area contributed by atoms with Crippen molar-refractivity contribution in [1.29, 1.82) is 0 Å². The molecule has 0 unspecified atom stereocenters. The molecular weight excluding hydrogens is 380 g/mol. The molecule has 0 saturated carbocycles. The van der Waals surface area contributed by atoms with Gasteiger partial charge in [-0.1, -0.05) is 20.3 Å². The quantitative estimate of drug-likeness (QED) is 0.394. The van der Waals surface area contributed by atoms with Crippen molar-refractivity contribution in [1.82, 2.24) is 21.1 Å². The molecule has 1 saturated heterocycles. The van der Waals surface area contributed by atoms with Crippen LogP contribution in [-0.4, -0.2) is 40.7 Å². The summed E-state index contributed by atoms with van der Waals surface area (Å²) < 4.78 is 0. The molecule has 1 aromatic heterocycles. The van der Waals surface area contributed by atoms with Crippen molar-refractivity contribution in [2.45, 2.75) is 64.3 Å². The summed E-state index contributed by atoms with van der Waals surface area (Å²) in [5, 5.41) is 2.67. The number of urea groups is 1. The summed E-state index contributed by atoms with van der Waals surface area (Å²) in [5.74, 6) is -1.43. The number of nitrogens with one attached hydrogen (secondary N) is 3. The summed E-state index contributed by atoms with van der Waals surface area (Å²) >= 11 is 1.46. The number of thiophene rings is 1. The van der Waals surface area contributed by atoms with E-state index in [-0.39, 0.29) is 5.91 Å². The van der Waals surface area contributed by atoms with E-state index in [1.807, 2.05) is 19.9 Å². The van der Waals surface area contributed by atoms with Crippen LogP contribution in [0.1, 0.15) is 66.1 Å². The normalized spacial score (nSPS) is 18.3. The number of nitrogens with zero attached hydrogens (tertiary/aromatic N) is 1. The average molecular weight is 407 g/mol. The van der Waals surface area contributed by atoms with Crippen LogP contribution in [-0.2, 0) is 22.4 Å². The zero-order valence-electron chi connectivity index (χ0n) is 16.2. The highest BCUT2D eigenvalue weighted by Gasteiger charge is 2.49. The van der Waals surface area contributed by atoms with E-state index in [2.05, 4.69) is 16.2 Å². The van der Waals surface area contributed by atoms with Crippen LogP contribution >= 0.6 is 11.3 Å². The van der Waals surface area contributed by atoms with Crippen LogP contribution in [0.15, 0.2) is 6.07 Å². The average Bonchev–Trinajstić information content (AvgIpc) is 3.11. The maximum Gasteiger partial charge on any atom is 0.325 e. The van der Waals surface area contributed by atoms with Gasteiger partial charge in [-0.15, -0.1) is 11.3 Å². The van der Waals surface area contributed by atoms with Crippen molar-refractivity contribution in [3.8, 4) is 0 Å². The van der Waals surface area contributed by atoms with Crippen molar-refractivity contribution >= 4 is 35.1 Å². The molecule has 152 valence electrons. The molecule has 5 amide bonds. The number of hydrogen-bond acceptors (Lipinski definition) is 5. The van der Waals surface area contributed by atoms with E-state index in [0.717, 1.165) is 30.6 Å². The molecule has 0 spiro atoms. The first-order valence-electron chi connectivity index (χ1n) is 9.75. The van der Waals surface area contributed by atoms with Crippen molar-refractivity contribution < 1.29 is 19.2 Å². The Morgan fingerprint density at radius 1 is 1.14 bits per heavy atom. The SMILES string of the molecule is CCC1(CC)NC(=O)N(CC(=O)NNC(=O)c2cc3c(s2)CCCCC3)C1=O. The molecule has 1 aliphatic carbocycles. The maximum absolute atomic E-state index is 12.5. The molecular formula is C19H26N4O4S. The Balaban J connectivity index is 1.55. The number of amides is 5. The van der Waals surface area contributed by atoms with E-state index >= 15 is 0 Å². The summed E-state index contributed by atoms with van der Waals surface area (Å²) in [6.07, 6.45) is 6.34. The van der Waals surface area contributed by atoms with Gasteiger partial charge >= 0.3 is 6.03 Å². The highest BCUT2D eigenvalue weighted by molar-refractivity contribution is 7.14. The Bertz CT molecular complexity index is 776. The number of hydrazine groups is 1. The van der Waals surface area contributed by atoms with E-state index in [1.54, 1.807) is 0 Å². The Hall–Kier alpha value is -2.42. The number of imide groups is 1. The number of carbonyl (C=O) groups excluding carboxylic acids is 4. The summed E-state index contributed by atoms with van der Waals surface area (Å²) in [6.45, 7) is 3.19. The first-order valence-corrected chi connectivity index (χ1v) is 10.6. The predicted octanol–water partition coefficient (Wildman–Crippen LogP) is 1.89. The van der Waals surface area contributed by atoms with Gasteiger partial charge in [0.25, 0.3) is 17.7 Å². The van der Waals surface area contributed by atoms with Gasteiger partial charge in [0.2, 0.25) is 0 Å². The summed E-state index contributed by atoms with van der Waals surface area (Å²) in [6, 6.07) is 1.30. The Morgan fingerprint density at radius 3 is 2.54 bits per heavy atom. The standard InChI is InChI=1S/C19H26N4O4S/c1-3-19(4-2)17(26)23(18(27)20-19)11-15(24)21-22-16(25)14-10-12-8-6-5-7-9-13(12)28-14/h10H,3-9,11H2,1-2H3,(H,20,27)(H,21,24)(H,22,25). The fourth-order valence-corrected chi connectivity index (χ4v) is 4.85. The highest BCUT2D eigenvalue weighted by atomic mass is 32.1. The van der Waals surface area contributed by atoms with Crippen LogP contribution in [0.3, 0.4) is 0 Å². The Morgan fingerprint density at radius 2 is 1.86 bits per heavy atom. The first kappa shape index (κ1) is 20.3. The Labute approximate surface area is 168 Å². The summed E-state index contributed by atoms with van der Waals surface area (Å²) in [7, 11) is 0. The van der Waals surface area contributed by atoms with Gasteiger partial charge in [0.05, 0.1) is 4.88 Å². The van der Waals surface area contributed by atoms with Crippen LogP contribution in [0.25, 0.3) is 0 Å². The third kappa shape index (κ3) is 3.89. The van der Waals surface area contributed by atoms with E-state index < -0.39 is 29.9 Å². The molecule has 1 aliphatic heterocycles. The van der Waals surface area contributed by atoms with Crippen LogP contribution < -0.4 is 16.2 Å². The van der Waals surface area contributed by atoms with Crippen molar-refractivity contribution in [3.63, 3.8) is 0 Å². The lowest BCUT2D eigenvalue weighted by atomic mass is 9.93. The van der Waals surface area contributed by atoms with E-state index in [0.29, 0.717) is 17.7 Å². The Kier molecular flexibility index (Phi) is 6.02. The fourth-order valence-electron chi connectivity index (χ4n) is 3.70. The molecule has 9 heteroatoms. The van der Waals surface area contributed by atoms with Gasteiger partial charge in [-0.2, -0.15) is 0 Å². The van der Waals surface area contributed by atoms with E-state index in [9.17, 15) is 19.2 Å². The molecule has 3 rings (SSSR count). The highest BCUT2D eigenvalue weighted by Crippen LogP contribution is 2.29. The minimum atomic E-state index is -0.949.